The minimum absolute atomic E-state index is 0.515. The maximum atomic E-state index is 2.49. The van der Waals surface area contributed by atoms with E-state index in [1.54, 1.807) is 0 Å². The van der Waals surface area contributed by atoms with Crippen molar-refractivity contribution in [2.75, 3.05) is 0 Å². The Morgan fingerprint density at radius 3 is 2.08 bits per heavy atom. The average Bonchev–Trinajstić information content (AvgIpc) is 2.51. The predicted octanol–water partition coefficient (Wildman–Crippen LogP) is 4.25. The van der Waals surface area contributed by atoms with E-state index in [4.69, 9.17) is 0 Å². The minimum atomic E-state index is 0.515. The second-order valence-corrected chi connectivity index (χ2v) is 6.74. The van der Waals surface area contributed by atoms with E-state index in [1.165, 1.54) is 25.7 Å². The first-order valence-electron chi connectivity index (χ1n) is 5.84. The van der Waals surface area contributed by atoms with Crippen molar-refractivity contribution >= 4 is 0 Å². The Morgan fingerprint density at radius 1 is 1.08 bits per heavy atom. The number of fused-ring (bicyclic) bond motifs is 1. The largest absolute Gasteiger partial charge is 0.0596 e. The monoisotopic (exact) mass is 180 g/mol. The molecule has 2 aliphatic carbocycles. The Hall–Kier alpha value is 0. The van der Waals surface area contributed by atoms with Gasteiger partial charge in [0, 0.05) is 0 Å². The zero-order valence-electron chi connectivity index (χ0n) is 9.91. The van der Waals surface area contributed by atoms with Crippen LogP contribution in [0.2, 0.25) is 0 Å². The maximum Gasteiger partial charge on any atom is -0.0161 e. The smallest absolute Gasteiger partial charge is 0.0161 e. The van der Waals surface area contributed by atoms with Crippen molar-refractivity contribution in [3.8, 4) is 0 Å². The van der Waals surface area contributed by atoms with Gasteiger partial charge in [-0.1, -0.05) is 47.5 Å². The maximum absolute atomic E-state index is 2.49. The Labute approximate surface area is 83.1 Å². The van der Waals surface area contributed by atoms with Gasteiger partial charge in [-0.05, 0) is 35.0 Å². The molecule has 0 spiro atoms. The predicted molar refractivity (Wildman–Crippen MR) is 57.6 cm³/mol. The quantitative estimate of drug-likeness (QED) is 0.523. The fourth-order valence-corrected chi connectivity index (χ4v) is 4.69. The van der Waals surface area contributed by atoms with E-state index >= 15 is 0 Å². The molecule has 0 aromatic heterocycles. The highest BCUT2D eigenvalue weighted by molar-refractivity contribution is 5.22. The van der Waals surface area contributed by atoms with E-state index in [0.29, 0.717) is 16.2 Å². The first-order valence-corrected chi connectivity index (χ1v) is 5.84. The third kappa shape index (κ3) is 0.926. The van der Waals surface area contributed by atoms with Crippen molar-refractivity contribution in [3.05, 3.63) is 0 Å². The van der Waals surface area contributed by atoms with Crippen LogP contribution in [0, 0.1) is 22.2 Å². The Balaban J connectivity index is 2.32. The van der Waals surface area contributed by atoms with Crippen LogP contribution in [0.25, 0.3) is 0 Å². The molecule has 0 nitrogen and oxygen atoms in total. The first kappa shape index (κ1) is 9.55. The zero-order valence-corrected chi connectivity index (χ0v) is 9.91. The van der Waals surface area contributed by atoms with Gasteiger partial charge in [0.05, 0.1) is 0 Å². The lowest BCUT2D eigenvalue weighted by molar-refractivity contribution is 0.125. The molecule has 2 unspecified atom stereocenters. The number of hydrogen-bond acceptors (Lipinski definition) is 0. The summed E-state index contributed by atoms with van der Waals surface area (Å²) in [6.45, 7) is 12.3. The van der Waals surface area contributed by atoms with E-state index in [2.05, 4.69) is 34.6 Å². The molecular weight excluding hydrogens is 156 g/mol. The molecule has 0 bridgehead atoms. The minimum Gasteiger partial charge on any atom is -0.0596 e. The molecule has 2 saturated carbocycles. The van der Waals surface area contributed by atoms with Crippen LogP contribution in [0.5, 0.6) is 0 Å². The number of rotatable bonds is 0. The lowest BCUT2D eigenvalue weighted by Crippen LogP contribution is -2.28. The van der Waals surface area contributed by atoms with Crippen molar-refractivity contribution in [3.63, 3.8) is 0 Å². The fraction of sp³-hybridized carbons (Fsp3) is 1.00. The summed E-state index contributed by atoms with van der Waals surface area (Å²) in [5.41, 5.74) is 1.82. The van der Waals surface area contributed by atoms with Gasteiger partial charge in [0.1, 0.15) is 0 Å². The second-order valence-electron chi connectivity index (χ2n) is 6.74. The SMILES string of the molecule is CC(C)(C)C12CCCCC1C2(C)C. The van der Waals surface area contributed by atoms with Crippen LogP contribution in [0.3, 0.4) is 0 Å². The van der Waals surface area contributed by atoms with Gasteiger partial charge < -0.3 is 0 Å². The van der Waals surface area contributed by atoms with Gasteiger partial charge in [0.25, 0.3) is 0 Å². The molecule has 0 heterocycles. The summed E-state index contributed by atoms with van der Waals surface area (Å²) in [5.74, 6) is 1.02. The van der Waals surface area contributed by atoms with Crippen molar-refractivity contribution in [1.29, 1.82) is 0 Å². The Bertz CT molecular complexity index is 219. The van der Waals surface area contributed by atoms with Crippen LogP contribution in [-0.4, -0.2) is 0 Å². The van der Waals surface area contributed by atoms with Crippen molar-refractivity contribution in [2.24, 2.45) is 22.2 Å². The molecule has 0 aliphatic heterocycles. The second kappa shape index (κ2) is 2.32. The summed E-state index contributed by atoms with van der Waals surface area (Å²) in [6.07, 6.45) is 5.92. The molecule has 0 saturated heterocycles. The summed E-state index contributed by atoms with van der Waals surface area (Å²) >= 11 is 0. The molecule has 76 valence electrons. The molecule has 0 aromatic carbocycles. The summed E-state index contributed by atoms with van der Waals surface area (Å²) in [4.78, 5) is 0. The Kier molecular flexibility index (Phi) is 1.71. The standard InChI is InChI=1S/C13H24/c1-11(2,3)13-9-7-6-8-10(13)12(13,4)5/h10H,6-9H2,1-5H3. The molecular formula is C13H24. The van der Waals surface area contributed by atoms with E-state index in [0.717, 1.165) is 5.92 Å². The van der Waals surface area contributed by atoms with Gasteiger partial charge in [0.2, 0.25) is 0 Å². The van der Waals surface area contributed by atoms with Crippen LogP contribution >= 0.6 is 0 Å². The van der Waals surface area contributed by atoms with E-state index in [9.17, 15) is 0 Å². The van der Waals surface area contributed by atoms with Gasteiger partial charge in [-0.15, -0.1) is 0 Å². The molecule has 2 rings (SSSR count). The normalized spacial score (nSPS) is 42.7. The molecule has 2 atom stereocenters. The highest BCUT2D eigenvalue weighted by atomic mass is 14.8. The molecule has 0 amide bonds. The van der Waals surface area contributed by atoms with Crippen LogP contribution < -0.4 is 0 Å². The van der Waals surface area contributed by atoms with Gasteiger partial charge in [-0.2, -0.15) is 0 Å². The van der Waals surface area contributed by atoms with Crippen molar-refractivity contribution in [2.45, 2.75) is 60.3 Å². The van der Waals surface area contributed by atoms with E-state index in [1.807, 2.05) is 0 Å². The van der Waals surface area contributed by atoms with Gasteiger partial charge >= 0.3 is 0 Å². The lowest BCUT2D eigenvalue weighted by atomic mass is 9.68. The van der Waals surface area contributed by atoms with Crippen molar-refractivity contribution < 1.29 is 0 Å². The molecule has 0 N–H and O–H groups in total. The number of hydrogen-bond donors (Lipinski definition) is 0. The first-order chi connectivity index (χ1) is 5.84. The van der Waals surface area contributed by atoms with Crippen LogP contribution in [0.4, 0.5) is 0 Å². The summed E-state index contributed by atoms with van der Waals surface area (Å²) in [6, 6.07) is 0. The topological polar surface area (TPSA) is 0 Å². The molecule has 0 heteroatoms. The zero-order chi connectivity index (χ0) is 9.91. The third-order valence-electron chi connectivity index (χ3n) is 5.18. The van der Waals surface area contributed by atoms with Crippen LogP contribution in [0.15, 0.2) is 0 Å². The summed E-state index contributed by atoms with van der Waals surface area (Å²) in [7, 11) is 0. The van der Waals surface area contributed by atoms with Gasteiger partial charge in [-0.3, -0.25) is 0 Å². The third-order valence-corrected chi connectivity index (χ3v) is 5.18. The van der Waals surface area contributed by atoms with Gasteiger partial charge in [0.15, 0.2) is 0 Å². The van der Waals surface area contributed by atoms with E-state index < -0.39 is 0 Å². The van der Waals surface area contributed by atoms with Crippen LogP contribution in [0.1, 0.15) is 60.3 Å². The lowest BCUT2D eigenvalue weighted by Gasteiger charge is -2.37. The average molecular weight is 180 g/mol. The fourth-order valence-electron chi connectivity index (χ4n) is 4.69. The molecule has 2 aliphatic rings. The van der Waals surface area contributed by atoms with Crippen molar-refractivity contribution in [1.82, 2.24) is 0 Å². The molecule has 0 radical (unpaired) electrons. The highest BCUT2D eigenvalue weighted by Crippen LogP contribution is 2.80. The Morgan fingerprint density at radius 2 is 1.69 bits per heavy atom. The summed E-state index contributed by atoms with van der Waals surface area (Å²) in [5, 5.41) is 0. The molecule has 13 heavy (non-hydrogen) atoms. The summed E-state index contributed by atoms with van der Waals surface area (Å²) < 4.78 is 0. The highest BCUT2D eigenvalue weighted by Gasteiger charge is 2.74. The van der Waals surface area contributed by atoms with Crippen LogP contribution in [-0.2, 0) is 0 Å². The molecule has 0 aromatic rings. The molecule has 2 fully saturated rings. The van der Waals surface area contributed by atoms with E-state index in [-0.39, 0.29) is 0 Å². The van der Waals surface area contributed by atoms with Gasteiger partial charge in [-0.25, -0.2) is 0 Å².